The molecule has 0 spiro atoms. The lowest BCUT2D eigenvalue weighted by molar-refractivity contribution is 0.628. The number of nitrogens with two attached hydrogens (primary N) is 1. The van der Waals surface area contributed by atoms with Crippen molar-refractivity contribution in [3.05, 3.63) is 58.8 Å². The first-order valence-electron chi connectivity index (χ1n) is 6.67. The zero-order chi connectivity index (χ0) is 15.1. The van der Waals surface area contributed by atoms with Crippen molar-refractivity contribution in [3.63, 3.8) is 0 Å². The molecule has 0 amide bonds. The van der Waals surface area contributed by atoms with Gasteiger partial charge in [-0.15, -0.1) is 0 Å². The summed E-state index contributed by atoms with van der Waals surface area (Å²) in [5.74, 6) is 0.498. The van der Waals surface area contributed by atoms with Crippen molar-refractivity contribution in [2.24, 2.45) is 5.73 Å². The molecule has 0 aliphatic heterocycles. The van der Waals surface area contributed by atoms with E-state index in [0.717, 1.165) is 28.2 Å². The van der Waals surface area contributed by atoms with E-state index < -0.39 is 0 Å². The summed E-state index contributed by atoms with van der Waals surface area (Å²) in [6, 6.07) is 8.06. The summed E-state index contributed by atoms with van der Waals surface area (Å²) < 4.78 is 15.5. The molecule has 1 unspecified atom stereocenters. The highest BCUT2D eigenvalue weighted by molar-refractivity contribution is 6.34. The van der Waals surface area contributed by atoms with Crippen LogP contribution in [0.1, 0.15) is 24.4 Å². The first kappa shape index (κ1) is 14.0. The molecule has 0 bridgehead atoms. The summed E-state index contributed by atoms with van der Waals surface area (Å²) >= 11 is 6.32. The Morgan fingerprint density at radius 2 is 2.10 bits per heavy atom. The Balaban J connectivity index is 2.46. The van der Waals surface area contributed by atoms with Gasteiger partial charge in [-0.1, -0.05) is 23.7 Å². The summed E-state index contributed by atoms with van der Waals surface area (Å²) in [5, 5.41) is 0.586. The predicted octanol–water partition coefficient (Wildman–Crippen LogP) is 4.12. The molecule has 21 heavy (non-hydrogen) atoms. The molecule has 0 aliphatic rings. The van der Waals surface area contributed by atoms with Crippen LogP contribution < -0.4 is 5.73 Å². The Hall–Kier alpha value is -1.91. The number of imidazole rings is 1. The fourth-order valence-corrected chi connectivity index (χ4v) is 2.83. The average Bonchev–Trinajstić information content (AvgIpc) is 2.81. The molecule has 5 heteroatoms. The summed E-state index contributed by atoms with van der Waals surface area (Å²) in [6.07, 6.45) is 1.71. The number of aromatic nitrogens is 2. The molecule has 3 nitrogen and oxygen atoms in total. The van der Waals surface area contributed by atoms with Gasteiger partial charge in [0.25, 0.3) is 0 Å². The molecular weight excluding hydrogens is 289 g/mol. The number of benzene rings is 1. The van der Waals surface area contributed by atoms with Crippen LogP contribution in [-0.4, -0.2) is 9.38 Å². The Morgan fingerprint density at radius 3 is 2.76 bits per heavy atom. The van der Waals surface area contributed by atoms with E-state index in [0.29, 0.717) is 5.02 Å². The Labute approximate surface area is 127 Å². The SMILES string of the molecule is Cc1ncc2c(Cl)cc(C(C)N)c(-c3cccc(F)c3)n12. The van der Waals surface area contributed by atoms with Gasteiger partial charge < -0.3 is 5.73 Å². The minimum absolute atomic E-state index is 0.230. The third kappa shape index (κ3) is 2.30. The minimum Gasteiger partial charge on any atom is -0.324 e. The van der Waals surface area contributed by atoms with Crippen LogP contribution >= 0.6 is 11.6 Å². The number of nitrogens with zero attached hydrogens (tertiary/aromatic N) is 2. The summed E-state index contributed by atoms with van der Waals surface area (Å²) in [6.45, 7) is 3.77. The third-order valence-electron chi connectivity index (χ3n) is 3.55. The lowest BCUT2D eigenvalue weighted by atomic mass is 10.0. The van der Waals surface area contributed by atoms with Crippen LogP contribution in [0, 0.1) is 12.7 Å². The maximum atomic E-state index is 13.6. The number of hydrogen-bond acceptors (Lipinski definition) is 2. The van der Waals surface area contributed by atoms with Crippen LogP contribution in [0.2, 0.25) is 5.02 Å². The molecule has 0 saturated heterocycles. The second kappa shape index (κ2) is 5.13. The van der Waals surface area contributed by atoms with Crippen LogP contribution in [0.15, 0.2) is 36.5 Å². The van der Waals surface area contributed by atoms with Gasteiger partial charge in [0.05, 0.1) is 22.4 Å². The van der Waals surface area contributed by atoms with E-state index >= 15 is 0 Å². The first-order valence-corrected chi connectivity index (χ1v) is 7.05. The standard InChI is InChI=1S/C16H15ClFN3/c1-9(19)13-7-14(17)15-8-20-10(2)21(15)16(13)11-4-3-5-12(18)6-11/h3-9H,19H2,1-2H3. The topological polar surface area (TPSA) is 43.3 Å². The van der Waals surface area contributed by atoms with Crippen LogP contribution in [0.5, 0.6) is 0 Å². The minimum atomic E-state index is -0.288. The second-order valence-corrected chi connectivity index (χ2v) is 5.53. The van der Waals surface area contributed by atoms with Gasteiger partial charge in [0.15, 0.2) is 0 Å². The lowest BCUT2D eigenvalue weighted by Gasteiger charge is -2.17. The van der Waals surface area contributed by atoms with Gasteiger partial charge in [-0.25, -0.2) is 9.37 Å². The number of pyridine rings is 1. The molecule has 1 aromatic carbocycles. The van der Waals surface area contributed by atoms with Crippen LogP contribution in [0.4, 0.5) is 4.39 Å². The highest BCUT2D eigenvalue weighted by Gasteiger charge is 2.18. The molecule has 0 radical (unpaired) electrons. The average molecular weight is 304 g/mol. The number of fused-ring (bicyclic) bond motifs is 1. The lowest BCUT2D eigenvalue weighted by Crippen LogP contribution is -2.10. The molecule has 3 rings (SSSR count). The van der Waals surface area contributed by atoms with Gasteiger partial charge in [-0.2, -0.15) is 0 Å². The van der Waals surface area contributed by atoms with Crippen molar-refractivity contribution in [2.75, 3.05) is 0 Å². The molecule has 0 aliphatic carbocycles. The number of aryl methyl sites for hydroxylation is 1. The van der Waals surface area contributed by atoms with E-state index in [1.807, 2.05) is 30.4 Å². The second-order valence-electron chi connectivity index (χ2n) is 5.12. The molecule has 108 valence electrons. The molecular formula is C16H15ClFN3. The molecule has 3 aromatic rings. The number of rotatable bonds is 2. The Bertz CT molecular complexity index is 824. The summed E-state index contributed by atoms with van der Waals surface area (Å²) in [7, 11) is 0. The molecule has 1 atom stereocenters. The van der Waals surface area contributed by atoms with Gasteiger partial charge in [-0.05, 0) is 37.6 Å². The van der Waals surface area contributed by atoms with Crippen molar-refractivity contribution >= 4 is 17.1 Å². The number of halogens is 2. The van der Waals surface area contributed by atoms with E-state index in [2.05, 4.69) is 4.98 Å². The predicted molar refractivity (Wildman–Crippen MR) is 82.9 cm³/mol. The van der Waals surface area contributed by atoms with E-state index in [1.165, 1.54) is 12.1 Å². The van der Waals surface area contributed by atoms with Crippen molar-refractivity contribution in [2.45, 2.75) is 19.9 Å². The van der Waals surface area contributed by atoms with E-state index in [9.17, 15) is 4.39 Å². The molecule has 0 fully saturated rings. The first-order chi connectivity index (χ1) is 9.99. The van der Waals surface area contributed by atoms with E-state index in [-0.39, 0.29) is 11.9 Å². The van der Waals surface area contributed by atoms with Gasteiger partial charge in [0, 0.05) is 11.6 Å². The highest BCUT2D eigenvalue weighted by Crippen LogP contribution is 2.33. The van der Waals surface area contributed by atoms with E-state index in [1.54, 1.807) is 12.3 Å². The maximum absolute atomic E-state index is 13.6. The monoisotopic (exact) mass is 303 g/mol. The van der Waals surface area contributed by atoms with Gasteiger partial charge >= 0.3 is 0 Å². The quantitative estimate of drug-likeness (QED) is 0.774. The van der Waals surface area contributed by atoms with E-state index in [4.69, 9.17) is 17.3 Å². The Morgan fingerprint density at radius 1 is 1.33 bits per heavy atom. The van der Waals surface area contributed by atoms with Gasteiger partial charge in [-0.3, -0.25) is 4.40 Å². The highest BCUT2D eigenvalue weighted by atomic mass is 35.5. The van der Waals surface area contributed by atoms with Crippen molar-refractivity contribution in [1.82, 2.24) is 9.38 Å². The number of hydrogen-bond donors (Lipinski definition) is 1. The van der Waals surface area contributed by atoms with Crippen molar-refractivity contribution in [1.29, 1.82) is 0 Å². The normalized spacial score (nSPS) is 12.8. The van der Waals surface area contributed by atoms with Crippen molar-refractivity contribution < 1.29 is 4.39 Å². The van der Waals surface area contributed by atoms with Gasteiger partial charge in [0.1, 0.15) is 11.6 Å². The largest absolute Gasteiger partial charge is 0.324 e. The van der Waals surface area contributed by atoms with Crippen LogP contribution in [0.25, 0.3) is 16.8 Å². The molecule has 2 aromatic heterocycles. The Kier molecular flexibility index (Phi) is 3.43. The summed E-state index contributed by atoms with van der Waals surface area (Å²) in [4.78, 5) is 4.31. The zero-order valence-electron chi connectivity index (χ0n) is 11.8. The smallest absolute Gasteiger partial charge is 0.123 e. The molecule has 2 N–H and O–H groups in total. The molecule has 2 heterocycles. The maximum Gasteiger partial charge on any atom is 0.123 e. The van der Waals surface area contributed by atoms with Crippen LogP contribution in [0.3, 0.4) is 0 Å². The van der Waals surface area contributed by atoms with Crippen LogP contribution in [-0.2, 0) is 0 Å². The zero-order valence-corrected chi connectivity index (χ0v) is 12.5. The van der Waals surface area contributed by atoms with Crippen molar-refractivity contribution in [3.8, 4) is 11.3 Å². The third-order valence-corrected chi connectivity index (χ3v) is 3.85. The fraction of sp³-hybridized carbons (Fsp3) is 0.188. The van der Waals surface area contributed by atoms with Gasteiger partial charge in [0.2, 0.25) is 0 Å². The molecule has 0 saturated carbocycles. The summed E-state index contributed by atoms with van der Waals surface area (Å²) in [5.41, 5.74) is 9.32. The fourth-order valence-electron chi connectivity index (χ4n) is 2.58.